The second-order valence-electron chi connectivity index (χ2n) is 4.63. The molecule has 92 valence electrons. The van der Waals surface area contributed by atoms with E-state index in [9.17, 15) is 4.79 Å². The molecule has 3 rings (SSSR count). The van der Waals surface area contributed by atoms with Gasteiger partial charge in [0.1, 0.15) is 6.29 Å². The van der Waals surface area contributed by atoms with Gasteiger partial charge in [0.05, 0.1) is 5.52 Å². The lowest BCUT2D eigenvalue weighted by atomic mass is 9.98. The number of nitrogens with zero attached hydrogens (tertiary/aromatic N) is 1. The predicted octanol–water partition coefficient (Wildman–Crippen LogP) is 4.02. The smallest absolute Gasteiger partial charge is 0.150 e. The van der Waals surface area contributed by atoms with Crippen LogP contribution in [0.1, 0.15) is 15.9 Å². The fourth-order valence-electron chi connectivity index (χ4n) is 2.34. The van der Waals surface area contributed by atoms with Gasteiger partial charge in [-0.05, 0) is 42.3 Å². The average molecular weight is 247 g/mol. The fourth-order valence-corrected chi connectivity index (χ4v) is 2.34. The van der Waals surface area contributed by atoms with Gasteiger partial charge in [0.15, 0.2) is 0 Å². The van der Waals surface area contributed by atoms with Gasteiger partial charge in [0.2, 0.25) is 0 Å². The number of carbonyl (C=O) groups excluding carboxylic acids is 1. The first-order valence-corrected chi connectivity index (χ1v) is 6.19. The number of carbonyl (C=O) groups is 1. The van der Waals surface area contributed by atoms with E-state index in [1.54, 1.807) is 6.20 Å². The molecule has 0 aliphatic carbocycles. The van der Waals surface area contributed by atoms with Crippen molar-refractivity contribution >= 4 is 17.2 Å². The van der Waals surface area contributed by atoms with Gasteiger partial charge in [-0.3, -0.25) is 9.78 Å². The standard InChI is InChI=1S/C17H13NO/c1-12-8-15-6-3-7-18-17(15)16(9-12)14-5-2-4-13(10-14)11-19/h2-11H,1H3. The van der Waals surface area contributed by atoms with Crippen molar-refractivity contribution in [3.05, 3.63) is 65.9 Å². The molecule has 0 N–H and O–H groups in total. The number of pyridine rings is 1. The Balaban J connectivity index is 2.31. The first-order valence-electron chi connectivity index (χ1n) is 6.19. The topological polar surface area (TPSA) is 30.0 Å². The minimum absolute atomic E-state index is 0.683. The second kappa shape index (κ2) is 4.65. The van der Waals surface area contributed by atoms with Crippen LogP contribution in [0, 0.1) is 6.92 Å². The van der Waals surface area contributed by atoms with E-state index in [0.29, 0.717) is 5.56 Å². The number of hydrogen-bond donors (Lipinski definition) is 0. The molecule has 0 aliphatic rings. The summed E-state index contributed by atoms with van der Waals surface area (Å²) in [5.41, 5.74) is 4.93. The van der Waals surface area contributed by atoms with Gasteiger partial charge < -0.3 is 0 Å². The van der Waals surface area contributed by atoms with E-state index in [1.165, 1.54) is 5.56 Å². The Labute approximate surface area is 111 Å². The number of rotatable bonds is 2. The third-order valence-corrected chi connectivity index (χ3v) is 3.18. The quantitative estimate of drug-likeness (QED) is 0.640. The molecule has 0 amide bonds. The minimum Gasteiger partial charge on any atom is -0.298 e. The average Bonchev–Trinajstić information content (AvgIpc) is 2.46. The Hall–Kier alpha value is -2.48. The third-order valence-electron chi connectivity index (χ3n) is 3.18. The highest BCUT2D eigenvalue weighted by atomic mass is 16.1. The summed E-state index contributed by atoms with van der Waals surface area (Å²) in [5, 5.41) is 1.12. The van der Waals surface area contributed by atoms with Crippen LogP contribution in [-0.2, 0) is 0 Å². The molecule has 0 aliphatic heterocycles. The molecule has 3 aromatic rings. The van der Waals surface area contributed by atoms with Crippen LogP contribution in [-0.4, -0.2) is 11.3 Å². The molecule has 0 unspecified atom stereocenters. The van der Waals surface area contributed by atoms with Gasteiger partial charge in [-0.15, -0.1) is 0 Å². The van der Waals surface area contributed by atoms with Crippen molar-refractivity contribution in [2.75, 3.05) is 0 Å². The summed E-state index contributed by atoms with van der Waals surface area (Å²) in [5.74, 6) is 0. The zero-order chi connectivity index (χ0) is 13.2. The van der Waals surface area contributed by atoms with E-state index in [2.05, 4.69) is 30.1 Å². The molecule has 2 heteroatoms. The maximum Gasteiger partial charge on any atom is 0.150 e. The first kappa shape index (κ1) is 11.6. The fraction of sp³-hybridized carbons (Fsp3) is 0.0588. The molecular weight excluding hydrogens is 234 g/mol. The molecule has 2 nitrogen and oxygen atoms in total. The summed E-state index contributed by atoms with van der Waals surface area (Å²) in [6.07, 6.45) is 2.67. The lowest BCUT2D eigenvalue weighted by Crippen LogP contribution is -1.88. The van der Waals surface area contributed by atoms with E-state index in [-0.39, 0.29) is 0 Å². The predicted molar refractivity (Wildman–Crippen MR) is 77.3 cm³/mol. The number of fused-ring (bicyclic) bond motifs is 1. The summed E-state index contributed by atoms with van der Waals surface area (Å²) in [4.78, 5) is 15.4. The van der Waals surface area contributed by atoms with Crippen molar-refractivity contribution in [2.45, 2.75) is 6.92 Å². The van der Waals surface area contributed by atoms with Crippen molar-refractivity contribution in [3.8, 4) is 11.1 Å². The Morgan fingerprint density at radius 3 is 2.79 bits per heavy atom. The van der Waals surface area contributed by atoms with Crippen LogP contribution in [0.3, 0.4) is 0 Å². The number of aryl methyl sites for hydroxylation is 1. The number of aromatic nitrogens is 1. The zero-order valence-electron chi connectivity index (χ0n) is 10.6. The highest BCUT2D eigenvalue weighted by molar-refractivity contribution is 5.95. The number of benzene rings is 2. The Morgan fingerprint density at radius 2 is 1.95 bits per heavy atom. The summed E-state index contributed by atoms with van der Waals surface area (Å²) in [6, 6.07) is 15.8. The molecule has 0 spiro atoms. The van der Waals surface area contributed by atoms with Crippen LogP contribution in [0.2, 0.25) is 0 Å². The molecule has 1 heterocycles. The molecule has 0 fully saturated rings. The van der Waals surface area contributed by atoms with Gasteiger partial charge >= 0.3 is 0 Å². The van der Waals surface area contributed by atoms with Crippen LogP contribution in [0.15, 0.2) is 54.7 Å². The van der Waals surface area contributed by atoms with Crippen molar-refractivity contribution < 1.29 is 4.79 Å². The molecule has 19 heavy (non-hydrogen) atoms. The number of hydrogen-bond acceptors (Lipinski definition) is 2. The normalized spacial score (nSPS) is 10.6. The lowest BCUT2D eigenvalue weighted by Gasteiger charge is -2.08. The Bertz CT molecular complexity index is 762. The van der Waals surface area contributed by atoms with E-state index in [4.69, 9.17) is 0 Å². The molecule has 0 bridgehead atoms. The lowest BCUT2D eigenvalue weighted by molar-refractivity contribution is 0.112. The molecular formula is C17H13NO. The molecule has 1 aromatic heterocycles. The molecule has 0 radical (unpaired) electrons. The number of aldehydes is 1. The summed E-state index contributed by atoms with van der Waals surface area (Å²) >= 11 is 0. The van der Waals surface area contributed by atoms with Gasteiger partial charge in [-0.2, -0.15) is 0 Å². The van der Waals surface area contributed by atoms with Gasteiger partial charge in [0.25, 0.3) is 0 Å². The van der Waals surface area contributed by atoms with Crippen LogP contribution < -0.4 is 0 Å². The van der Waals surface area contributed by atoms with Gasteiger partial charge in [-0.25, -0.2) is 0 Å². The van der Waals surface area contributed by atoms with Crippen molar-refractivity contribution in [1.82, 2.24) is 4.98 Å². The summed E-state index contributed by atoms with van der Waals surface area (Å²) in [6.45, 7) is 2.07. The van der Waals surface area contributed by atoms with E-state index >= 15 is 0 Å². The van der Waals surface area contributed by atoms with Crippen LogP contribution in [0.4, 0.5) is 0 Å². The minimum atomic E-state index is 0.683. The Kier molecular flexibility index (Phi) is 2.84. The van der Waals surface area contributed by atoms with Crippen molar-refractivity contribution in [3.63, 3.8) is 0 Å². The highest BCUT2D eigenvalue weighted by Gasteiger charge is 2.06. The van der Waals surface area contributed by atoms with Crippen LogP contribution in [0.5, 0.6) is 0 Å². The van der Waals surface area contributed by atoms with E-state index in [1.807, 2.05) is 30.3 Å². The van der Waals surface area contributed by atoms with Crippen LogP contribution >= 0.6 is 0 Å². The van der Waals surface area contributed by atoms with Gasteiger partial charge in [-0.1, -0.05) is 24.3 Å². The largest absolute Gasteiger partial charge is 0.298 e. The van der Waals surface area contributed by atoms with E-state index < -0.39 is 0 Å². The summed E-state index contributed by atoms with van der Waals surface area (Å²) in [7, 11) is 0. The maximum atomic E-state index is 10.9. The van der Waals surface area contributed by atoms with Gasteiger partial charge in [0, 0.05) is 22.7 Å². The van der Waals surface area contributed by atoms with Crippen LogP contribution in [0.25, 0.3) is 22.0 Å². The van der Waals surface area contributed by atoms with E-state index in [0.717, 1.165) is 28.3 Å². The zero-order valence-corrected chi connectivity index (χ0v) is 10.6. The monoisotopic (exact) mass is 247 g/mol. The Morgan fingerprint density at radius 1 is 1.05 bits per heavy atom. The first-order chi connectivity index (χ1) is 9.28. The summed E-state index contributed by atoms with van der Waals surface area (Å²) < 4.78 is 0. The SMILES string of the molecule is Cc1cc(-c2cccc(C=O)c2)c2ncccc2c1. The maximum absolute atomic E-state index is 10.9. The molecule has 0 saturated heterocycles. The molecule has 0 atom stereocenters. The third kappa shape index (κ3) is 2.13. The van der Waals surface area contributed by atoms with Crippen molar-refractivity contribution in [2.24, 2.45) is 0 Å². The van der Waals surface area contributed by atoms with Crippen molar-refractivity contribution in [1.29, 1.82) is 0 Å². The highest BCUT2D eigenvalue weighted by Crippen LogP contribution is 2.28. The second-order valence-corrected chi connectivity index (χ2v) is 4.63. The molecule has 2 aromatic carbocycles. The molecule has 0 saturated carbocycles.